The van der Waals surface area contributed by atoms with E-state index in [1.54, 1.807) is 18.3 Å². The van der Waals surface area contributed by atoms with Crippen molar-refractivity contribution in [3.63, 3.8) is 0 Å². The molecule has 0 bridgehead atoms. The Bertz CT molecular complexity index is 851. The highest BCUT2D eigenvalue weighted by Gasteiger charge is 2.26. The molecule has 1 amide bonds. The van der Waals surface area contributed by atoms with Crippen LogP contribution in [-0.2, 0) is 17.8 Å². The molecule has 0 saturated carbocycles. The first kappa shape index (κ1) is 18.8. The van der Waals surface area contributed by atoms with Gasteiger partial charge in [-0.25, -0.2) is 4.39 Å². The van der Waals surface area contributed by atoms with Gasteiger partial charge in [0.2, 0.25) is 5.91 Å². The Balaban J connectivity index is 1.87. The molecule has 1 heterocycles. The van der Waals surface area contributed by atoms with Gasteiger partial charge in [-0.3, -0.25) is 9.78 Å². The number of benzene rings is 2. The van der Waals surface area contributed by atoms with Crippen LogP contribution < -0.4 is 0 Å². The zero-order valence-electron chi connectivity index (χ0n) is 15.4. The summed E-state index contributed by atoms with van der Waals surface area (Å²) in [6.45, 7) is 3.13. The first-order valence-corrected chi connectivity index (χ1v) is 9.15. The molecule has 0 spiro atoms. The lowest BCUT2D eigenvalue weighted by Crippen LogP contribution is -2.35. The van der Waals surface area contributed by atoms with E-state index >= 15 is 0 Å². The van der Waals surface area contributed by atoms with Crippen LogP contribution in [-0.4, -0.2) is 22.3 Å². The van der Waals surface area contributed by atoms with Crippen LogP contribution in [0.5, 0.6) is 0 Å². The van der Waals surface area contributed by atoms with E-state index in [1.165, 1.54) is 12.1 Å². The topological polar surface area (TPSA) is 33.2 Å². The molecule has 1 atom stereocenters. The summed E-state index contributed by atoms with van der Waals surface area (Å²) < 4.78 is 13.4. The number of aromatic nitrogens is 1. The van der Waals surface area contributed by atoms with Crippen LogP contribution in [0.2, 0.25) is 0 Å². The molecule has 4 heteroatoms. The Hall–Kier alpha value is -3.01. The van der Waals surface area contributed by atoms with Crippen LogP contribution in [0.25, 0.3) is 0 Å². The highest BCUT2D eigenvalue weighted by Crippen LogP contribution is 2.24. The smallest absolute Gasteiger partial charge is 0.230 e. The number of likely N-dealkylation sites (N-methyl/N-ethyl adjacent to an activating group) is 1. The molecule has 1 unspecified atom stereocenters. The fourth-order valence-electron chi connectivity index (χ4n) is 3.14. The molecule has 0 saturated heterocycles. The average molecular weight is 362 g/mol. The molecule has 0 aliphatic rings. The Morgan fingerprint density at radius 1 is 1.00 bits per heavy atom. The summed E-state index contributed by atoms with van der Waals surface area (Å²) in [5.74, 6) is -0.679. The summed E-state index contributed by atoms with van der Waals surface area (Å²) in [5.41, 5.74) is 2.73. The second-order valence-corrected chi connectivity index (χ2v) is 6.47. The Labute approximate surface area is 159 Å². The van der Waals surface area contributed by atoms with Gasteiger partial charge in [0.25, 0.3) is 0 Å². The van der Waals surface area contributed by atoms with Crippen LogP contribution >= 0.6 is 0 Å². The van der Waals surface area contributed by atoms with Crippen LogP contribution in [0.3, 0.4) is 0 Å². The molecule has 138 valence electrons. The highest BCUT2D eigenvalue weighted by atomic mass is 19.1. The van der Waals surface area contributed by atoms with Gasteiger partial charge in [-0.1, -0.05) is 48.5 Å². The molecule has 0 radical (unpaired) electrons. The van der Waals surface area contributed by atoms with Gasteiger partial charge in [0.1, 0.15) is 5.82 Å². The number of rotatable bonds is 7. The average Bonchev–Trinajstić information content (AvgIpc) is 2.72. The van der Waals surface area contributed by atoms with Crippen molar-refractivity contribution in [1.29, 1.82) is 0 Å². The maximum Gasteiger partial charge on any atom is 0.230 e. The van der Waals surface area contributed by atoms with Crippen LogP contribution in [0, 0.1) is 5.82 Å². The van der Waals surface area contributed by atoms with Gasteiger partial charge in [-0.15, -0.1) is 0 Å². The van der Waals surface area contributed by atoms with Crippen LogP contribution in [0.15, 0.2) is 79.0 Å². The summed E-state index contributed by atoms with van der Waals surface area (Å²) in [6, 6.07) is 21.8. The van der Waals surface area contributed by atoms with Crippen molar-refractivity contribution < 1.29 is 9.18 Å². The molecule has 1 aromatic heterocycles. The normalized spacial score (nSPS) is 11.8. The van der Waals surface area contributed by atoms with Crippen molar-refractivity contribution in [1.82, 2.24) is 9.88 Å². The first-order chi connectivity index (χ1) is 13.2. The van der Waals surface area contributed by atoms with E-state index in [9.17, 15) is 9.18 Å². The minimum absolute atomic E-state index is 0.0265. The quantitative estimate of drug-likeness (QED) is 0.616. The lowest BCUT2D eigenvalue weighted by atomic mass is 9.92. The van der Waals surface area contributed by atoms with Crippen molar-refractivity contribution in [2.24, 2.45) is 0 Å². The third kappa shape index (κ3) is 5.00. The fraction of sp³-hybridized carbons (Fsp3) is 0.217. The number of halogens is 1. The number of pyridine rings is 1. The molecule has 0 aliphatic carbocycles. The summed E-state index contributed by atoms with van der Waals surface area (Å²) in [5, 5.41) is 0. The van der Waals surface area contributed by atoms with E-state index in [2.05, 4.69) is 4.98 Å². The minimum Gasteiger partial charge on any atom is -0.338 e. The highest BCUT2D eigenvalue weighted by molar-refractivity contribution is 5.84. The first-order valence-electron chi connectivity index (χ1n) is 9.15. The van der Waals surface area contributed by atoms with Crippen molar-refractivity contribution in [2.75, 3.05) is 6.54 Å². The van der Waals surface area contributed by atoms with Crippen molar-refractivity contribution in [3.05, 3.63) is 102 Å². The largest absolute Gasteiger partial charge is 0.338 e. The fourth-order valence-corrected chi connectivity index (χ4v) is 3.14. The maximum absolute atomic E-state index is 13.4. The molecular weight excluding hydrogens is 339 g/mol. The van der Waals surface area contributed by atoms with Crippen LogP contribution in [0.4, 0.5) is 4.39 Å². The Morgan fingerprint density at radius 2 is 1.70 bits per heavy atom. The summed E-state index contributed by atoms with van der Waals surface area (Å²) in [4.78, 5) is 19.6. The van der Waals surface area contributed by atoms with Crippen molar-refractivity contribution in [2.45, 2.75) is 25.8 Å². The molecule has 3 nitrogen and oxygen atoms in total. The van der Waals surface area contributed by atoms with Gasteiger partial charge >= 0.3 is 0 Å². The number of hydrogen-bond donors (Lipinski definition) is 0. The molecule has 0 fully saturated rings. The number of amides is 1. The Morgan fingerprint density at radius 3 is 2.33 bits per heavy atom. The van der Waals surface area contributed by atoms with E-state index in [1.807, 2.05) is 60.4 Å². The van der Waals surface area contributed by atoms with Gasteiger partial charge in [-0.2, -0.15) is 0 Å². The zero-order chi connectivity index (χ0) is 19.1. The molecule has 3 rings (SSSR count). The predicted molar refractivity (Wildman–Crippen MR) is 105 cm³/mol. The molecule has 0 aliphatic heterocycles. The van der Waals surface area contributed by atoms with Gasteiger partial charge in [0, 0.05) is 31.4 Å². The summed E-state index contributed by atoms with van der Waals surface area (Å²) in [6.07, 6.45) is 2.21. The van der Waals surface area contributed by atoms with E-state index in [4.69, 9.17) is 0 Å². The standard InChI is InChI=1S/C23H23FN2O/c1-2-26(17-18-8-4-3-5-9-18)23(27)22(16-21-10-6-7-15-25-21)19-11-13-20(24)14-12-19/h3-15,22H,2,16-17H2,1H3. The second-order valence-electron chi connectivity index (χ2n) is 6.47. The maximum atomic E-state index is 13.4. The van der Waals surface area contributed by atoms with Gasteiger partial charge in [-0.05, 0) is 42.3 Å². The minimum atomic E-state index is -0.399. The number of hydrogen-bond acceptors (Lipinski definition) is 2. The monoisotopic (exact) mass is 362 g/mol. The molecule has 2 aromatic carbocycles. The molecule has 0 N–H and O–H groups in total. The summed E-state index contributed by atoms with van der Waals surface area (Å²) in [7, 11) is 0. The molecule has 3 aromatic rings. The second kappa shape index (κ2) is 9.08. The van der Waals surface area contributed by atoms with Crippen molar-refractivity contribution >= 4 is 5.91 Å². The predicted octanol–water partition coefficient (Wildman–Crippen LogP) is 4.60. The molecular formula is C23H23FN2O. The Kier molecular flexibility index (Phi) is 6.31. The van der Waals surface area contributed by atoms with Gasteiger partial charge in [0.05, 0.1) is 5.92 Å². The van der Waals surface area contributed by atoms with Gasteiger partial charge in [0.15, 0.2) is 0 Å². The SMILES string of the molecule is CCN(Cc1ccccc1)C(=O)C(Cc1ccccn1)c1ccc(F)cc1. The lowest BCUT2D eigenvalue weighted by molar-refractivity contribution is -0.133. The third-order valence-corrected chi connectivity index (χ3v) is 4.62. The lowest BCUT2D eigenvalue weighted by Gasteiger charge is -2.27. The van der Waals surface area contributed by atoms with Crippen molar-refractivity contribution in [3.8, 4) is 0 Å². The summed E-state index contributed by atoms with van der Waals surface area (Å²) >= 11 is 0. The van der Waals surface area contributed by atoms with E-state index < -0.39 is 5.92 Å². The molecule has 27 heavy (non-hydrogen) atoms. The van der Waals surface area contributed by atoms with E-state index in [-0.39, 0.29) is 11.7 Å². The number of carbonyl (C=O) groups excluding carboxylic acids is 1. The van der Waals surface area contributed by atoms with E-state index in [0.29, 0.717) is 19.5 Å². The number of carbonyl (C=O) groups is 1. The van der Waals surface area contributed by atoms with Crippen LogP contribution in [0.1, 0.15) is 29.7 Å². The number of nitrogens with zero attached hydrogens (tertiary/aromatic N) is 2. The van der Waals surface area contributed by atoms with E-state index in [0.717, 1.165) is 16.8 Å². The third-order valence-electron chi connectivity index (χ3n) is 4.62. The van der Waals surface area contributed by atoms with Gasteiger partial charge < -0.3 is 4.90 Å². The zero-order valence-corrected chi connectivity index (χ0v) is 15.4.